The zero-order chi connectivity index (χ0) is 20.4. The zero-order valence-electron chi connectivity index (χ0n) is 15.4. The zero-order valence-corrected chi connectivity index (χ0v) is 15.4. The lowest BCUT2D eigenvalue weighted by Gasteiger charge is -2.09. The Kier molecular flexibility index (Phi) is 4.70. The number of ether oxygens (including phenoxy) is 1. The van der Waals surface area contributed by atoms with Crippen molar-refractivity contribution in [1.29, 1.82) is 0 Å². The lowest BCUT2D eigenvalue weighted by molar-refractivity contribution is 0.0520. The number of carbonyl (C=O) groups excluding carboxylic acids is 1. The van der Waals surface area contributed by atoms with Crippen molar-refractivity contribution in [1.82, 2.24) is 25.0 Å². The molecular formula is C20H17N5O4. The van der Waals surface area contributed by atoms with E-state index < -0.39 is 5.97 Å². The van der Waals surface area contributed by atoms with Gasteiger partial charge in [-0.3, -0.25) is 9.67 Å². The lowest BCUT2D eigenvalue weighted by Crippen LogP contribution is -2.08. The number of para-hydroxylation sites is 1. The van der Waals surface area contributed by atoms with Gasteiger partial charge in [-0.15, -0.1) is 10.2 Å². The Morgan fingerprint density at radius 1 is 1.17 bits per heavy atom. The van der Waals surface area contributed by atoms with Crippen LogP contribution in [0.5, 0.6) is 11.5 Å². The number of aromatic nitrogens is 5. The molecule has 3 N–H and O–H groups in total. The van der Waals surface area contributed by atoms with E-state index in [1.807, 2.05) is 30.3 Å². The summed E-state index contributed by atoms with van der Waals surface area (Å²) in [4.78, 5) is 12.5. The highest BCUT2D eigenvalue weighted by atomic mass is 16.5. The first-order chi connectivity index (χ1) is 14.1. The molecule has 4 aromatic rings. The summed E-state index contributed by atoms with van der Waals surface area (Å²) in [5.74, 6) is -0.557. The highest BCUT2D eigenvalue weighted by Gasteiger charge is 2.28. The maximum absolute atomic E-state index is 12.5. The third-order valence-electron chi connectivity index (χ3n) is 4.29. The minimum absolute atomic E-state index is 0.0829. The third kappa shape index (κ3) is 3.29. The number of benzene rings is 2. The van der Waals surface area contributed by atoms with Crippen molar-refractivity contribution >= 4 is 5.97 Å². The summed E-state index contributed by atoms with van der Waals surface area (Å²) in [7, 11) is 0. The lowest BCUT2D eigenvalue weighted by atomic mass is 10.0. The number of nitrogens with zero attached hydrogens (tertiary/aromatic N) is 4. The number of rotatable bonds is 5. The van der Waals surface area contributed by atoms with Gasteiger partial charge in [0.15, 0.2) is 11.5 Å². The number of H-pyrrole nitrogens is 1. The van der Waals surface area contributed by atoms with Gasteiger partial charge in [0.1, 0.15) is 23.5 Å². The largest absolute Gasteiger partial charge is 0.508 e. The molecule has 0 amide bonds. The molecule has 146 valence electrons. The summed E-state index contributed by atoms with van der Waals surface area (Å²) in [6.45, 7) is 1.88. The van der Waals surface area contributed by atoms with Gasteiger partial charge in [-0.1, -0.05) is 18.2 Å². The fraction of sp³-hybridized carbons (Fsp3) is 0.100. The van der Waals surface area contributed by atoms with Crippen molar-refractivity contribution in [3.05, 3.63) is 60.6 Å². The molecule has 4 rings (SSSR count). The predicted molar refractivity (Wildman–Crippen MR) is 104 cm³/mol. The van der Waals surface area contributed by atoms with Crippen LogP contribution in [0.4, 0.5) is 0 Å². The molecule has 0 fully saturated rings. The number of hydrogen-bond acceptors (Lipinski definition) is 7. The average molecular weight is 391 g/mol. The summed E-state index contributed by atoms with van der Waals surface area (Å²) in [5.41, 5.74) is 1.78. The summed E-state index contributed by atoms with van der Waals surface area (Å²) in [5, 5.41) is 35.0. The van der Waals surface area contributed by atoms with E-state index in [0.29, 0.717) is 17.0 Å². The summed E-state index contributed by atoms with van der Waals surface area (Å²) in [6.07, 6.45) is 1.52. The number of hydrogen-bond donors (Lipinski definition) is 3. The van der Waals surface area contributed by atoms with Crippen LogP contribution in [0, 0.1) is 0 Å². The van der Waals surface area contributed by atoms with E-state index in [9.17, 15) is 15.0 Å². The van der Waals surface area contributed by atoms with Crippen LogP contribution in [0.25, 0.3) is 28.3 Å². The van der Waals surface area contributed by atoms with E-state index in [1.54, 1.807) is 11.5 Å². The van der Waals surface area contributed by atoms with E-state index in [4.69, 9.17) is 4.74 Å². The van der Waals surface area contributed by atoms with Gasteiger partial charge >= 0.3 is 5.97 Å². The van der Waals surface area contributed by atoms with Gasteiger partial charge in [-0.05, 0) is 31.2 Å². The number of phenols is 2. The molecule has 0 saturated heterocycles. The molecule has 0 aliphatic rings. The van der Waals surface area contributed by atoms with Gasteiger partial charge in [0.2, 0.25) is 0 Å². The molecule has 0 bridgehead atoms. The Hall–Kier alpha value is -4.14. The van der Waals surface area contributed by atoms with Gasteiger partial charge in [0, 0.05) is 17.3 Å². The molecule has 9 heteroatoms. The Morgan fingerprint density at radius 2 is 1.97 bits per heavy atom. The second-order valence-electron chi connectivity index (χ2n) is 6.10. The molecular weight excluding hydrogens is 374 g/mol. The normalized spacial score (nSPS) is 10.8. The number of aromatic amines is 1. The van der Waals surface area contributed by atoms with Gasteiger partial charge in [-0.25, -0.2) is 4.79 Å². The maximum atomic E-state index is 12.5. The van der Waals surface area contributed by atoms with Crippen molar-refractivity contribution in [2.24, 2.45) is 0 Å². The molecule has 9 nitrogen and oxygen atoms in total. The van der Waals surface area contributed by atoms with Crippen molar-refractivity contribution in [2.45, 2.75) is 6.92 Å². The average Bonchev–Trinajstić information content (AvgIpc) is 3.35. The molecule has 0 atom stereocenters. The number of esters is 1. The van der Waals surface area contributed by atoms with E-state index in [-0.39, 0.29) is 29.5 Å². The van der Waals surface area contributed by atoms with Crippen LogP contribution in [-0.2, 0) is 4.74 Å². The molecule has 2 heterocycles. The molecule has 0 unspecified atom stereocenters. The van der Waals surface area contributed by atoms with Crippen LogP contribution in [0.3, 0.4) is 0 Å². The predicted octanol–water partition coefficient (Wildman–Crippen LogP) is 2.91. The van der Waals surface area contributed by atoms with Crippen LogP contribution in [-0.4, -0.2) is 47.8 Å². The number of nitrogens with one attached hydrogen (secondary N) is 1. The first-order valence-corrected chi connectivity index (χ1v) is 8.83. The van der Waals surface area contributed by atoms with E-state index in [1.165, 1.54) is 24.5 Å². The monoisotopic (exact) mass is 391 g/mol. The fourth-order valence-electron chi connectivity index (χ4n) is 3.01. The second-order valence-corrected chi connectivity index (χ2v) is 6.10. The molecule has 0 radical (unpaired) electrons. The summed E-state index contributed by atoms with van der Waals surface area (Å²) >= 11 is 0. The fourth-order valence-corrected chi connectivity index (χ4v) is 3.01. The third-order valence-corrected chi connectivity index (χ3v) is 4.29. The molecule has 29 heavy (non-hydrogen) atoms. The molecule has 2 aromatic carbocycles. The molecule has 0 saturated carbocycles. The topological polar surface area (TPSA) is 126 Å². The molecule has 0 spiro atoms. The van der Waals surface area contributed by atoms with Gasteiger partial charge in [0.05, 0.1) is 12.2 Å². The minimum Gasteiger partial charge on any atom is -0.508 e. The smallest absolute Gasteiger partial charge is 0.357 e. The molecule has 0 aliphatic carbocycles. The number of aromatic hydroxyl groups is 2. The highest BCUT2D eigenvalue weighted by molar-refractivity contribution is 5.99. The highest BCUT2D eigenvalue weighted by Crippen LogP contribution is 2.38. The van der Waals surface area contributed by atoms with E-state index in [2.05, 4.69) is 20.4 Å². The van der Waals surface area contributed by atoms with Crippen molar-refractivity contribution in [2.75, 3.05) is 6.61 Å². The second kappa shape index (κ2) is 7.47. The Bertz CT molecular complexity index is 1170. The first-order valence-electron chi connectivity index (χ1n) is 8.83. The number of phenolic OH excluding ortho intramolecular Hbond substituents is 2. The van der Waals surface area contributed by atoms with Crippen LogP contribution in [0.1, 0.15) is 17.4 Å². The van der Waals surface area contributed by atoms with Crippen LogP contribution in [0.15, 0.2) is 54.9 Å². The summed E-state index contributed by atoms with van der Waals surface area (Å²) in [6, 6.07) is 13.5. The minimum atomic E-state index is -0.609. The Morgan fingerprint density at radius 3 is 2.69 bits per heavy atom. The quantitative estimate of drug-likeness (QED) is 0.447. The van der Waals surface area contributed by atoms with Gasteiger partial charge in [-0.2, -0.15) is 5.10 Å². The standard InChI is InChI=1S/C20H17N5O4/c1-2-29-20(28)18-16(17(22-23-18)14-9-8-13(26)10-15(14)27)19-24-21-11-25(19)12-6-4-3-5-7-12/h3-11,26-27H,2H2,1H3,(H,22,23). The van der Waals surface area contributed by atoms with Gasteiger partial charge < -0.3 is 14.9 Å². The summed E-state index contributed by atoms with van der Waals surface area (Å²) < 4.78 is 6.84. The van der Waals surface area contributed by atoms with Crippen molar-refractivity contribution in [3.63, 3.8) is 0 Å². The van der Waals surface area contributed by atoms with Crippen molar-refractivity contribution in [3.8, 4) is 39.8 Å². The van der Waals surface area contributed by atoms with Crippen LogP contribution >= 0.6 is 0 Å². The molecule has 0 aliphatic heterocycles. The Labute approximate surface area is 165 Å². The SMILES string of the molecule is CCOC(=O)c1[nH]nc(-c2ccc(O)cc2O)c1-c1nncn1-c1ccccc1. The molecule has 2 aromatic heterocycles. The van der Waals surface area contributed by atoms with E-state index >= 15 is 0 Å². The first kappa shape index (κ1) is 18.2. The van der Waals surface area contributed by atoms with Crippen molar-refractivity contribution < 1.29 is 19.7 Å². The Balaban J connectivity index is 1.96. The van der Waals surface area contributed by atoms with E-state index in [0.717, 1.165) is 5.69 Å². The maximum Gasteiger partial charge on any atom is 0.357 e. The van der Waals surface area contributed by atoms with Crippen LogP contribution in [0.2, 0.25) is 0 Å². The number of carbonyl (C=O) groups is 1. The van der Waals surface area contributed by atoms with Crippen LogP contribution < -0.4 is 0 Å². The van der Waals surface area contributed by atoms with Gasteiger partial charge in [0.25, 0.3) is 0 Å².